The van der Waals surface area contributed by atoms with E-state index in [1.54, 1.807) is 0 Å². The zero-order valence-corrected chi connectivity index (χ0v) is 17.2. The minimum Gasteiger partial charge on any atom is -0.477 e. The number of anilines is 3. The highest BCUT2D eigenvalue weighted by atomic mass is 32.2. The molecule has 0 spiro atoms. The van der Waals surface area contributed by atoms with Gasteiger partial charge in [-0.3, -0.25) is 0 Å². The standard InChI is InChI=1S/C17H26N8O2S/c1-4-26-14-13(28-17-20-11(18)10-12(19)21-17)15(27-5-2)23-16(22-14)25-8-6-24(3)7-9-25/h10H,4-9H2,1-3H3,(H4,18,19,20,21). The van der Waals surface area contributed by atoms with Gasteiger partial charge in [-0.05, 0) is 32.7 Å². The lowest BCUT2D eigenvalue weighted by molar-refractivity contribution is 0.285. The van der Waals surface area contributed by atoms with Crippen molar-refractivity contribution in [2.24, 2.45) is 0 Å². The van der Waals surface area contributed by atoms with E-state index in [0.29, 0.717) is 52.6 Å². The van der Waals surface area contributed by atoms with Crippen LogP contribution in [0.4, 0.5) is 17.6 Å². The van der Waals surface area contributed by atoms with Crippen LogP contribution in [-0.2, 0) is 0 Å². The zero-order valence-electron chi connectivity index (χ0n) is 16.4. The summed E-state index contributed by atoms with van der Waals surface area (Å²) >= 11 is 1.22. The highest BCUT2D eigenvalue weighted by molar-refractivity contribution is 7.99. The lowest BCUT2D eigenvalue weighted by Gasteiger charge is -2.32. The number of likely N-dealkylation sites (N-methyl/N-ethyl adjacent to an activating group) is 1. The minimum atomic E-state index is 0.292. The summed E-state index contributed by atoms with van der Waals surface area (Å²) in [4.78, 5) is 22.7. The van der Waals surface area contributed by atoms with E-state index >= 15 is 0 Å². The molecule has 152 valence electrons. The summed E-state index contributed by atoms with van der Waals surface area (Å²) in [6.45, 7) is 8.30. The summed E-state index contributed by atoms with van der Waals surface area (Å²) < 4.78 is 11.6. The van der Waals surface area contributed by atoms with E-state index in [1.807, 2.05) is 13.8 Å². The lowest BCUT2D eigenvalue weighted by Crippen LogP contribution is -2.45. The molecule has 1 fully saturated rings. The van der Waals surface area contributed by atoms with Gasteiger partial charge in [0.05, 0.1) is 13.2 Å². The van der Waals surface area contributed by atoms with Gasteiger partial charge >= 0.3 is 0 Å². The quantitative estimate of drug-likeness (QED) is 0.642. The molecule has 2 aromatic heterocycles. The Bertz CT molecular complexity index is 766. The van der Waals surface area contributed by atoms with Crippen LogP contribution in [0.1, 0.15) is 13.8 Å². The van der Waals surface area contributed by atoms with Gasteiger partial charge in [0.15, 0.2) is 5.16 Å². The van der Waals surface area contributed by atoms with Crippen LogP contribution < -0.4 is 25.8 Å². The van der Waals surface area contributed by atoms with Crippen molar-refractivity contribution in [2.75, 3.05) is 62.8 Å². The van der Waals surface area contributed by atoms with Crippen LogP contribution in [0.25, 0.3) is 0 Å². The average Bonchev–Trinajstić information content (AvgIpc) is 2.64. The second kappa shape index (κ2) is 9.11. The SMILES string of the molecule is CCOc1nc(N2CCN(C)CC2)nc(OCC)c1Sc1nc(N)cc(N)n1. The van der Waals surface area contributed by atoms with Crippen molar-refractivity contribution in [3.63, 3.8) is 0 Å². The summed E-state index contributed by atoms with van der Waals surface area (Å²) in [6.07, 6.45) is 0. The summed E-state index contributed by atoms with van der Waals surface area (Å²) in [7, 11) is 2.10. The van der Waals surface area contributed by atoms with Crippen molar-refractivity contribution in [1.82, 2.24) is 24.8 Å². The van der Waals surface area contributed by atoms with Crippen LogP contribution in [0.3, 0.4) is 0 Å². The summed E-state index contributed by atoms with van der Waals surface area (Å²) in [6, 6.07) is 1.50. The first kappa shape index (κ1) is 20.2. The average molecular weight is 407 g/mol. The minimum absolute atomic E-state index is 0.292. The highest BCUT2D eigenvalue weighted by Crippen LogP contribution is 2.40. The molecule has 0 aliphatic carbocycles. The molecule has 0 atom stereocenters. The van der Waals surface area contributed by atoms with Gasteiger partial charge in [0.1, 0.15) is 16.5 Å². The van der Waals surface area contributed by atoms with E-state index < -0.39 is 0 Å². The van der Waals surface area contributed by atoms with Crippen molar-refractivity contribution < 1.29 is 9.47 Å². The topological polar surface area (TPSA) is 129 Å². The van der Waals surface area contributed by atoms with Crippen molar-refractivity contribution in [3.05, 3.63) is 6.07 Å². The third kappa shape index (κ3) is 4.84. The van der Waals surface area contributed by atoms with E-state index in [-0.39, 0.29) is 0 Å². The Morgan fingerprint density at radius 3 is 1.96 bits per heavy atom. The number of nitrogen functional groups attached to an aromatic ring is 2. The normalized spacial score (nSPS) is 14.9. The Labute approximate surface area is 168 Å². The monoisotopic (exact) mass is 406 g/mol. The van der Waals surface area contributed by atoms with Crippen molar-refractivity contribution in [2.45, 2.75) is 23.9 Å². The molecule has 3 rings (SSSR count). The van der Waals surface area contributed by atoms with Gasteiger partial charge in [-0.15, -0.1) is 0 Å². The van der Waals surface area contributed by atoms with E-state index in [1.165, 1.54) is 17.8 Å². The maximum atomic E-state index is 5.80. The molecular weight excluding hydrogens is 380 g/mol. The van der Waals surface area contributed by atoms with E-state index in [2.05, 4.69) is 36.8 Å². The molecule has 3 heterocycles. The van der Waals surface area contributed by atoms with Crippen molar-refractivity contribution in [3.8, 4) is 11.8 Å². The molecule has 0 saturated carbocycles. The van der Waals surface area contributed by atoms with Gasteiger partial charge < -0.3 is 30.7 Å². The molecule has 1 saturated heterocycles. The molecule has 2 aromatic rings. The second-order valence-corrected chi connectivity index (χ2v) is 7.20. The number of nitrogens with zero attached hydrogens (tertiary/aromatic N) is 6. The predicted octanol–water partition coefficient (Wildman–Crippen LogP) is 1.13. The fraction of sp³-hybridized carbons (Fsp3) is 0.529. The first-order valence-corrected chi connectivity index (χ1v) is 10.0. The van der Waals surface area contributed by atoms with Gasteiger partial charge in [0, 0.05) is 32.2 Å². The fourth-order valence-electron chi connectivity index (χ4n) is 2.70. The molecule has 0 aromatic carbocycles. The van der Waals surface area contributed by atoms with Gasteiger partial charge in [0.2, 0.25) is 17.7 Å². The lowest BCUT2D eigenvalue weighted by atomic mass is 10.3. The first-order chi connectivity index (χ1) is 13.5. The number of aromatic nitrogens is 4. The Kier molecular flexibility index (Phi) is 6.57. The van der Waals surface area contributed by atoms with Gasteiger partial charge in [-0.25, -0.2) is 9.97 Å². The maximum Gasteiger partial charge on any atom is 0.236 e. The number of piperazine rings is 1. The molecule has 4 N–H and O–H groups in total. The fourth-order valence-corrected chi connectivity index (χ4v) is 3.57. The predicted molar refractivity (Wildman–Crippen MR) is 109 cm³/mol. The third-order valence-electron chi connectivity index (χ3n) is 4.08. The summed E-state index contributed by atoms with van der Waals surface area (Å²) in [5.41, 5.74) is 11.6. The summed E-state index contributed by atoms with van der Waals surface area (Å²) in [5.74, 6) is 2.05. The van der Waals surface area contributed by atoms with Crippen LogP contribution in [-0.4, -0.2) is 71.3 Å². The Morgan fingerprint density at radius 2 is 1.46 bits per heavy atom. The van der Waals surface area contributed by atoms with Crippen LogP contribution in [0, 0.1) is 0 Å². The van der Waals surface area contributed by atoms with Crippen molar-refractivity contribution in [1.29, 1.82) is 0 Å². The molecular formula is C17H26N8O2S. The Balaban J connectivity index is 1.99. The largest absolute Gasteiger partial charge is 0.477 e. The van der Waals surface area contributed by atoms with Crippen LogP contribution in [0.5, 0.6) is 11.8 Å². The van der Waals surface area contributed by atoms with Crippen LogP contribution in [0.2, 0.25) is 0 Å². The van der Waals surface area contributed by atoms with Gasteiger partial charge in [0.25, 0.3) is 0 Å². The number of hydrogen-bond donors (Lipinski definition) is 2. The first-order valence-electron chi connectivity index (χ1n) is 9.19. The third-order valence-corrected chi connectivity index (χ3v) is 5.00. The molecule has 28 heavy (non-hydrogen) atoms. The Morgan fingerprint density at radius 1 is 0.929 bits per heavy atom. The van der Waals surface area contributed by atoms with Gasteiger partial charge in [-0.1, -0.05) is 0 Å². The molecule has 0 bridgehead atoms. The van der Waals surface area contributed by atoms with Crippen LogP contribution in [0.15, 0.2) is 16.1 Å². The molecule has 11 heteroatoms. The number of hydrogen-bond acceptors (Lipinski definition) is 11. The molecule has 1 aliphatic heterocycles. The van der Waals surface area contributed by atoms with E-state index in [0.717, 1.165) is 26.2 Å². The molecule has 0 unspecified atom stereocenters. The van der Waals surface area contributed by atoms with Crippen molar-refractivity contribution >= 4 is 29.3 Å². The maximum absolute atomic E-state index is 5.80. The number of rotatable bonds is 7. The Hall–Kier alpha value is -2.53. The summed E-state index contributed by atoms with van der Waals surface area (Å²) in [5, 5.41) is 0.385. The smallest absolute Gasteiger partial charge is 0.236 e. The molecule has 0 amide bonds. The molecule has 10 nitrogen and oxygen atoms in total. The van der Waals surface area contributed by atoms with Crippen LogP contribution >= 0.6 is 11.8 Å². The van der Waals surface area contributed by atoms with E-state index in [9.17, 15) is 0 Å². The second-order valence-electron chi connectivity index (χ2n) is 6.22. The van der Waals surface area contributed by atoms with E-state index in [4.69, 9.17) is 20.9 Å². The highest BCUT2D eigenvalue weighted by Gasteiger charge is 2.24. The van der Waals surface area contributed by atoms with Gasteiger partial charge in [-0.2, -0.15) is 9.97 Å². The number of nitrogens with two attached hydrogens (primary N) is 2. The molecule has 1 aliphatic rings. The number of ether oxygens (including phenoxy) is 2. The molecule has 0 radical (unpaired) electrons. The zero-order chi connectivity index (χ0) is 20.1.